The molecule has 1 amide bonds. The second kappa shape index (κ2) is 7.51. The number of thioether (sulfide) groups is 1. The van der Waals surface area contributed by atoms with E-state index in [1.54, 1.807) is 11.8 Å². The Morgan fingerprint density at radius 1 is 1.43 bits per heavy atom. The first-order valence-electron chi connectivity index (χ1n) is 7.60. The van der Waals surface area contributed by atoms with E-state index in [2.05, 4.69) is 55.8 Å². The van der Waals surface area contributed by atoms with Gasteiger partial charge in [-0.25, -0.2) is 0 Å². The van der Waals surface area contributed by atoms with Crippen molar-refractivity contribution in [3.8, 4) is 0 Å². The molecule has 0 aliphatic carbocycles. The summed E-state index contributed by atoms with van der Waals surface area (Å²) in [5.74, 6) is -0.102. The number of aromatic amines is 1. The van der Waals surface area contributed by atoms with Crippen molar-refractivity contribution in [2.75, 3.05) is 13.1 Å². The van der Waals surface area contributed by atoms with Crippen molar-refractivity contribution in [3.05, 3.63) is 45.7 Å². The number of aromatic nitrogens is 2. The van der Waals surface area contributed by atoms with Gasteiger partial charge in [-0.05, 0) is 24.3 Å². The summed E-state index contributed by atoms with van der Waals surface area (Å²) in [5, 5.41) is 13.7. The third-order valence-electron chi connectivity index (χ3n) is 3.72. The lowest BCUT2D eigenvalue weighted by Gasteiger charge is -2.14. The summed E-state index contributed by atoms with van der Waals surface area (Å²) >= 11 is 5.18. The number of nitrogens with one attached hydrogen (secondary N) is 3. The molecule has 1 aliphatic heterocycles. The SMILES string of the molecule is CC(CNC(=O)c1n[nH]c2c1CNCC2)Sc1ccc(Br)cc1. The molecule has 0 fully saturated rings. The number of halogens is 1. The van der Waals surface area contributed by atoms with Gasteiger partial charge in [0.1, 0.15) is 0 Å². The van der Waals surface area contributed by atoms with E-state index in [0.717, 1.165) is 28.7 Å². The van der Waals surface area contributed by atoms with Gasteiger partial charge in [0, 0.05) is 51.9 Å². The van der Waals surface area contributed by atoms with E-state index in [9.17, 15) is 4.79 Å². The second-order valence-electron chi connectivity index (χ2n) is 5.55. The van der Waals surface area contributed by atoms with Crippen molar-refractivity contribution in [1.29, 1.82) is 0 Å². The number of H-pyrrole nitrogens is 1. The predicted molar refractivity (Wildman–Crippen MR) is 95.8 cm³/mol. The van der Waals surface area contributed by atoms with Crippen molar-refractivity contribution < 1.29 is 4.79 Å². The molecule has 122 valence electrons. The van der Waals surface area contributed by atoms with Crippen molar-refractivity contribution in [2.45, 2.75) is 30.0 Å². The highest BCUT2D eigenvalue weighted by Gasteiger charge is 2.21. The molecule has 1 atom stereocenters. The molecular weight excluding hydrogens is 376 g/mol. The van der Waals surface area contributed by atoms with Gasteiger partial charge in [0.05, 0.1) is 0 Å². The smallest absolute Gasteiger partial charge is 0.272 e. The van der Waals surface area contributed by atoms with Crippen LogP contribution in [0.3, 0.4) is 0 Å². The van der Waals surface area contributed by atoms with Gasteiger partial charge >= 0.3 is 0 Å². The Hall–Kier alpha value is -1.31. The highest BCUT2D eigenvalue weighted by Crippen LogP contribution is 2.24. The van der Waals surface area contributed by atoms with E-state index in [0.29, 0.717) is 18.8 Å². The van der Waals surface area contributed by atoms with Crippen LogP contribution in [0.15, 0.2) is 33.6 Å². The zero-order valence-electron chi connectivity index (χ0n) is 12.9. The van der Waals surface area contributed by atoms with Crippen LogP contribution < -0.4 is 10.6 Å². The maximum Gasteiger partial charge on any atom is 0.272 e. The highest BCUT2D eigenvalue weighted by molar-refractivity contribution is 9.10. The third kappa shape index (κ3) is 4.16. The average Bonchev–Trinajstić information content (AvgIpc) is 2.99. The lowest BCUT2D eigenvalue weighted by Crippen LogP contribution is -2.31. The summed E-state index contributed by atoms with van der Waals surface area (Å²) in [6, 6.07) is 8.19. The van der Waals surface area contributed by atoms with Gasteiger partial charge in [-0.1, -0.05) is 22.9 Å². The first-order chi connectivity index (χ1) is 11.1. The molecule has 0 bridgehead atoms. The quantitative estimate of drug-likeness (QED) is 0.681. The Kier molecular flexibility index (Phi) is 5.40. The number of amides is 1. The van der Waals surface area contributed by atoms with Crippen LogP contribution >= 0.6 is 27.7 Å². The van der Waals surface area contributed by atoms with E-state index in [1.807, 2.05) is 12.1 Å². The Morgan fingerprint density at radius 3 is 3.00 bits per heavy atom. The first kappa shape index (κ1) is 16.5. The normalized spacial score (nSPS) is 15.0. The van der Waals surface area contributed by atoms with Gasteiger partial charge in [0.15, 0.2) is 5.69 Å². The highest BCUT2D eigenvalue weighted by atomic mass is 79.9. The summed E-state index contributed by atoms with van der Waals surface area (Å²) in [6.07, 6.45) is 0.894. The maximum absolute atomic E-state index is 12.3. The fourth-order valence-electron chi connectivity index (χ4n) is 2.52. The van der Waals surface area contributed by atoms with Crippen LogP contribution in [0.4, 0.5) is 0 Å². The zero-order valence-corrected chi connectivity index (χ0v) is 15.3. The molecule has 0 radical (unpaired) electrons. The van der Waals surface area contributed by atoms with Crippen LogP contribution in [-0.4, -0.2) is 34.4 Å². The number of nitrogens with zero attached hydrogens (tertiary/aromatic N) is 1. The molecule has 0 saturated carbocycles. The lowest BCUT2D eigenvalue weighted by atomic mass is 10.1. The summed E-state index contributed by atoms with van der Waals surface area (Å²) in [6.45, 7) is 4.35. The fraction of sp³-hybridized carbons (Fsp3) is 0.375. The molecule has 7 heteroatoms. The number of hydrogen-bond acceptors (Lipinski definition) is 4. The molecule has 23 heavy (non-hydrogen) atoms. The molecule has 1 aromatic heterocycles. The van der Waals surface area contributed by atoms with Crippen molar-refractivity contribution in [2.24, 2.45) is 0 Å². The van der Waals surface area contributed by atoms with Crippen LogP contribution in [0.2, 0.25) is 0 Å². The topological polar surface area (TPSA) is 69.8 Å². The second-order valence-corrected chi connectivity index (χ2v) is 7.98. The Morgan fingerprint density at radius 2 is 2.22 bits per heavy atom. The molecule has 2 heterocycles. The minimum absolute atomic E-state index is 0.102. The Balaban J connectivity index is 1.54. The largest absolute Gasteiger partial charge is 0.350 e. The minimum atomic E-state index is -0.102. The number of hydrogen-bond donors (Lipinski definition) is 3. The Labute approximate surface area is 148 Å². The average molecular weight is 395 g/mol. The van der Waals surface area contributed by atoms with Crippen molar-refractivity contribution in [3.63, 3.8) is 0 Å². The van der Waals surface area contributed by atoms with Gasteiger partial charge in [-0.2, -0.15) is 5.10 Å². The molecule has 1 aliphatic rings. The van der Waals surface area contributed by atoms with Gasteiger partial charge < -0.3 is 10.6 Å². The Bertz CT molecular complexity index is 686. The van der Waals surface area contributed by atoms with Crippen LogP contribution in [0.5, 0.6) is 0 Å². The predicted octanol–water partition coefficient (Wildman–Crippen LogP) is 2.73. The standard InChI is InChI=1S/C16H19BrN4OS/c1-10(23-12-4-2-11(17)3-5-12)8-19-16(22)15-13-9-18-7-6-14(13)20-21-15/h2-5,10,18H,6-9H2,1H3,(H,19,22)(H,20,21). The maximum atomic E-state index is 12.3. The monoisotopic (exact) mass is 394 g/mol. The molecule has 3 N–H and O–H groups in total. The molecule has 0 saturated heterocycles. The first-order valence-corrected chi connectivity index (χ1v) is 9.28. The van der Waals surface area contributed by atoms with Gasteiger partial charge in [0.2, 0.25) is 0 Å². The van der Waals surface area contributed by atoms with E-state index in [4.69, 9.17) is 0 Å². The number of carbonyl (C=O) groups is 1. The summed E-state index contributed by atoms with van der Waals surface area (Å²) in [4.78, 5) is 13.5. The molecule has 5 nitrogen and oxygen atoms in total. The third-order valence-corrected chi connectivity index (χ3v) is 5.36. The molecule has 3 rings (SSSR count). The molecule has 2 aromatic rings. The van der Waals surface area contributed by atoms with Crippen LogP contribution in [0, 0.1) is 0 Å². The van der Waals surface area contributed by atoms with Gasteiger partial charge in [0.25, 0.3) is 5.91 Å². The molecular formula is C16H19BrN4OS. The molecule has 1 aromatic carbocycles. The summed E-state index contributed by atoms with van der Waals surface area (Å²) in [5.41, 5.74) is 2.60. The van der Waals surface area contributed by atoms with E-state index in [1.165, 1.54) is 4.90 Å². The van der Waals surface area contributed by atoms with Crippen LogP contribution in [0.25, 0.3) is 0 Å². The lowest BCUT2D eigenvalue weighted by molar-refractivity contribution is 0.0948. The molecule has 1 unspecified atom stereocenters. The fourth-order valence-corrected chi connectivity index (χ4v) is 3.71. The minimum Gasteiger partial charge on any atom is -0.350 e. The van der Waals surface area contributed by atoms with E-state index in [-0.39, 0.29) is 11.2 Å². The number of benzene rings is 1. The van der Waals surface area contributed by atoms with Gasteiger partial charge in [-0.3, -0.25) is 9.89 Å². The number of fused-ring (bicyclic) bond motifs is 1. The van der Waals surface area contributed by atoms with Crippen LogP contribution in [-0.2, 0) is 13.0 Å². The van der Waals surface area contributed by atoms with Crippen molar-refractivity contribution in [1.82, 2.24) is 20.8 Å². The number of rotatable bonds is 5. The zero-order chi connectivity index (χ0) is 16.2. The summed E-state index contributed by atoms with van der Waals surface area (Å²) < 4.78 is 1.07. The number of carbonyl (C=O) groups excluding carboxylic acids is 1. The molecule has 0 spiro atoms. The van der Waals surface area contributed by atoms with E-state index < -0.39 is 0 Å². The van der Waals surface area contributed by atoms with Crippen molar-refractivity contribution >= 4 is 33.6 Å². The van der Waals surface area contributed by atoms with E-state index >= 15 is 0 Å². The van der Waals surface area contributed by atoms with Gasteiger partial charge in [-0.15, -0.1) is 11.8 Å². The summed E-state index contributed by atoms with van der Waals surface area (Å²) in [7, 11) is 0. The van der Waals surface area contributed by atoms with Crippen LogP contribution in [0.1, 0.15) is 28.7 Å².